The third kappa shape index (κ3) is 3.37. The summed E-state index contributed by atoms with van der Waals surface area (Å²) in [5, 5.41) is 3.04. The van der Waals surface area contributed by atoms with Gasteiger partial charge in [0, 0.05) is 23.9 Å². The SMILES string of the molecule is COc1cc2nc(-c3ccc4ccccc4c3)n(-c3ccnc(SC)n3)c2cc1OC. The van der Waals surface area contributed by atoms with Gasteiger partial charge in [0.25, 0.3) is 0 Å². The summed E-state index contributed by atoms with van der Waals surface area (Å²) in [5.41, 5.74) is 2.67. The maximum atomic E-state index is 5.55. The molecule has 0 N–H and O–H groups in total. The average molecular weight is 429 g/mol. The van der Waals surface area contributed by atoms with Crippen LogP contribution in [0.15, 0.2) is 72.0 Å². The van der Waals surface area contributed by atoms with E-state index in [1.54, 1.807) is 20.4 Å². The second kappa shape index (κ2) is 7.92. The lowest BCUT2D eigenvalue weighted by Gasteiger charge is -2.11. The highest BCUT2D eigenvalue weighted by atomic mass is 32.2. The van der Waals surface area contributed by atoms with E-state index in [1.807, 2.05) is 41.2 Å². The van der Waals surface area contributed by atoms with Gasteiger partial charge in [0.2, 0.25) is 0 Å². The van der Waals surface area contributed by atoms with Crippen molar-refractivity contribution < 1.29 is 9.47 Å². The van der Waals surface area contributed by atoms with Crippen LogP contribution in [0.4, 0.5) is 0 Å². The van der Waals surface area contributed by atoms with Gasteiger partial charge >= 0.3 is 0 Å². The normalized spacial score (nSPS) is 11.2. The van der Waals surface area contributed by atoms with E-state index in [-0.39, 0.29) is 0 Å². The predicted molar refractivity (Wildman–Crippen MR) is 124 cm³/mol. The molecule has 0 saturated carbocycles. The van der Waals surface area contributed by atoms with Crippen molar-refractivity contribution in [1.82, 2.24) is 19.5 Å². The van der Waals surface area contributed by atoms with Gasteiger partial charge in [-0.05, 0) is 29.2 Å². The van der Waals surface area contributed by atoms with Crippen LogP contribution in [0.5, 0.6) is 11.5 Å². The molecule has 0 spiro atoms. The van der Waals surface area contributed by atoms with Crippen LogP contribution in [0.25, 0.3) is 39.0 Å². The molecule has 0 unspecified atom stereocenters. The van der Waals surface area contributed by atoms with Crippen LogP contribution >= 0.6 is 11.8 Å². The van der Waals surface area contributed by atoms with Crippen LogP contribution in [0, 0.1) is 0 Å². The number of hydrogen-bond donors (Lipinski definition) is 0. The molecule has 7 heteroatoms. The van der Waals surface area contributed by atoms with Gasteiger partial charge in [-0.2, -0.15) is 0 Å². The number of ether oxygens (including phenoxy) is 2. The number of methoxy groups -OCH3 is 2. The Balaban J connectivity index is 1.83. The van der Waals surface area contributed by atoms with Crippen molar-refractivity contribution in [3.05, 3.63) is 66.9 Å². The summed E-state index contributed by atoms with van der Waals surface area (Å²) < 4.78 is 13.1. The third-order valence-corrected chi connectivity index (χ3v) is 5.76. The minimum absolute atomic E-state index is 0.636. The Hall–Kier alpha value is -3.58. The lowest BCUT2D eigenvalue weighted by Crippen LogP contribution is -2.02. The van der Waals surface area contributed by atoms with Crippen molar-refractivity contribution in [2.45, 2.75) is 5.16 Å². The fourth-order valence-electron chi connectivity index (χ4n) is 3.71. The number of nitrogens with zero attached hydrogens (tertiary/aromatic N) is 4. The van der Waals surface area contributed by atoms with Gasteiger partial charge in [0.05, 0.1) is 25.3 Å². The zero-order valence-electron chi connectivity index (χ0n) is 17.4. The molecule has 0 aliphatic rings. The third-order valence-electron chi connectivity index (χ3n) is 5.20. The van der Waals surface area contributed by atoms with Gasteiger partial charge in [0.1, 0.15) is 11.6 Å². The van der Waals surface area contributed by atoms with Crippen molar-refractivity contribution in [3.63, 3.8) is 0 Å². The molecule has 0 saturated heterocycles. The Bertz CT molecular complexity index is 1410. The first-order valence-corrected chi connectivity index (χ1v) is 11.0. The molecule has 0 fully saturated rings. The second-order valence-corrected chi connectivity index (χ2v) is 7.70. The monoisotopic (exact) mass is 428 g/mol. The molecule has 2 aromatic heterocycles. The van der Waals surface area contributed by atoms with E-state index in [9.17, 15) is 0 Å². The zero-order valence-corrected chi connectivity index (χ0v) is 18.2. The van der Waals surface area contributed by atoms with Crippen LogP contribution < -0.4 is 9.47 Å². The van der Waals surface area contributed by atoms with Crippen LogP contribution in [0.3, 0.4) is 0 Å². The Morgan fingerprint density at radius 1 is 0.839 bits per heavy atom. The predicted octanol–water partition coefficient (Wildman–Crippen LogP) is 5.37. The molecule has 0 atom stereocenters. The fourth-order valence-corrected chi connectivity index (χ4v) is 4.06. The van der Waals surface area contributed by atoms with E-state index >= 15 is 0 Å². The minimum Gasteiger partial charge on any atom is -0.493 e. The van der Waals surface area contributed by atoms with Crippen LogP contribution in [0.2, 0.25) is 0 Å². The fraction of sp³-hybridized carbons (Fsp3) is 0.125. The Kier molecular flexibility index (Phi) is 4.95. The molecule has 31 heavy (non-hydrogen) atoms. The topological polar surface area (TPSA) is 62.1 Å². The van der Waals surface area contributed by atoms with Crippen molar-refractivity contribution in [2.75, 3.05) is 20.5 Å². The first kappa shape index (κ1) is 19.4. The average Bonchev–Trinajstić information content (AvgIpc) is 3.21. The maximum Gasteiger partial charge on any atom is 0.189 e. The zero-order chi connectivity index (χ0) is 21.4. The number of hydrogen-bond acceptors (Lipinski definition) is 6. The van der Waals surface area contributed by atoms with Gasteiger partial charge in [-0.15, -0.1) is 0 Å². The number of thioether (sulfide) groups is 1. The van der Waals surface area contributed by atoms with Crippen molar-refractivity contribution in [2.24, 2.45) is 0 Å². The molecule has 2 heterocycles. The molecule has 5 aromatic rings. The molecule has 0 bridgehead atoms. The Labute approximate surface area is 183 Å². The largest absolute Gasteiger partial charge is 0.493 e. The molecule has 0 aliphatic carbocycles. The number of benzene rings is 3. The molecule has 154 valence electrons. The van der Waals surface area contributed by atoms with Gasteiger partial charge in [-0.25, -0.2) is 15.0 Å². The summed E-state index contributed by atoms with van der Waals surface area (Å²) in [6, 6.07) is 20.4. The van der Waals surface area contributed by atoms with Crippen LogP contribution in [-0.2, 0) is 0 Å². The summed E-state index contributed by atoms with van der Waals surface area (Å²) in [4.78, 5) is 14.0. The Morgan fingerprint density at radius 3 is 2.39 bits per heavy atom. The molecule has 0 aliphatic heterocycles. The Morgan fingerprint density at radius 2 is 1.61 bits per heavy atom. The maximum absolute atomic E-state index is 5.55. The highest BCUT2D eigenvalue weighted by Gasteiger charge is 2.19. The number of rotatable bonds is 5. The van der Waals surface area contributed by atoms with Crippen LogP contribution in [-0.4, -0.2) is 40.0 Å². The summed E-state index contributed by atoms with van der Waals surface area (Å²) in [7, 11) is 3.26. The minimum atomic E-state index is 0.636. The standard InChI is InChI=1S/C24H20N4O2S/c1-29-20-13-18-19(14-21(20)30-2)28(22-10-11-25-24(27-22)31-3)23(26-18)17-9-8-15-6-4-5-7-16(15)12-17/h4-14H,1-3H3. The van der Waals surface area contributed by atoms with Crippen LogP contribution in [0.1, 0.15) is 0 Å². The summed E-state index contributed by atoms with van der Waals surface area (Å²) in [5.74, 6) is 2.82. The lowest BCUT2D eigenvalue weighted by atomic mass is 10.1. The lowest BCUT2D eigenvalue weighted by molar-refractivity contribution is 0.355. The quantitative estimate of drug-likeness (QED) is 0.277. The van der Waals surface area contributed by atoms with E-state index in [2.05, 4.69) is 35.3 Å². The number of imidazole rings is 1. The molecule has 5 rings (SSSR count). The smallest absolute Gasteiger partial charge is 0.189 e. The van der Waals surface area contributed by atoms with Crippen molar-refractivity contribution >= 4 is 33.6 Å². The van der Waals surface area contributed by atoms with Crippen molar-refractivity contribution in [1.29, 1.82) is 0 Å². The molecular weight excluding hydrogens is 408 g/mol. The van der Waals surface area contributed by atoms with E-state index in [1.165, 1.54) is 17.1 Å². The van der Waals surface area contributed by atoms with E-state index in [0.717, 1.165) is 33.6 Å². The van der Waals surface area contributed by atoms with Gasteiger partial charge in [-0.3, -0.25) is 4.57 Å². The first-order chi connectivity index (χ1) is 15.2. The van der Waals surface area contributed by atoms with Gasteiger partial charge in [-0.1, -0.05) is 48.2 Å². The summed E-state index contributed by atoms with van der Waals surface area (Å²) in [6.07, 6.45) is 3.73. The number of fused-ring (bicyclic) bond motifs is 2. The first-order valence-electron chi connectivity index (χ1n) is 9.73. The van der Waals surface area contributed by atoms with E-state index < -0.39 is 0 Å². The molecule has 0 amide bonds. The molecule has 6 nitrogen and oxygen atoms in total. The van der Waals surface area contributed by atoms with E-state index in [0.29, 0.717) is 16.7 Å². The highest BCUT2D eigenvalue weighted by Crippen LogP contribution is 2.36. The van der Waals surface area contributed by atoms with E-state index in [4.69, 9.17) is 19.4 Å². The summed E-state index contributed by atoms with van der Waals surface area (Å²) in [6.45, 7) is 0. The molecule has 3 aromatic carbocycles. The van der Waals surface area contributed by atoms with Gasteiger partial charge in [0.15, 0.2) is 16.7 Å². The highest BCUT2D eigenvalue weighted by molar-refractivity contribution is 7.98. The molecule has 0 radical (unpaired) electrons. The van der Waals surface area contributed by atoms with Gasteiger partial charge < -0.3 is 9.47 Å². The molecular formula is C24H20N4O2S. The number of aromatic nitrogens is 4. The van der Waals surface area contributed by atoms with Crippen molar-refractivity contribution in [3.8, 4) is 28.7 Å². The second-order valence-electron chi connectivity index (χ2n) is 6.93. The summed E-state index contributed by atoms with van der Waals surface area (Å²) >= 11 is 1.50.